The van der Waals surface area contributed by atoms with Crippen LogP contribution in [-0.2, 0) is 14.3 Å². The van der Waals surface area contributed by atoms with Crippen molar-refractivity contribution in [2.24, 2.45) is 0 Å². The van der Waals surface area contributed by atoms with Gasteiger partial charge in [-0.1, -0.05) is 15.9 Å². The van der Waals surface area contributed by atoms with Gasteiger partial charge in [0.2, 0.25) is 5.91 Å². The number of rotatable bonds is 6. The Balaban J connectivity index is 1.67. The highest BCUT2D eigenvalue weighted by Gasteiger charge is 2.15. The third kappa shape index (κ3) is 5.16. The zero-order valence-electron chi connectivity index (χ0n) is 11.0. The van der Waals surface area contributed by atoms with Crippen molar-refractivity contribution in [1.82, 2.24) is 0 Å². The van der Waals surface area contributed by atoms with E-state index in [2.05, 4.69) is 37.2 Å². The summed E-state index contributed by atoms with van der Waals surface area (Å²) in [6, 6.07) is 5.62. The molecule has 2 rings (SSSR count). The van der Waals surface area contributed by atoms with E-state index in [0.717, 1.165) is 34.1 Å². The molecular formula is C14H17Br2NO3. The van der Waals surface area contributed by atoms with E-state index in [1.54, 1.807) is 0 Å². The fourth-order valence-corrected chi connectivity index (χ4v) is 3.11. The van der Waals surface area contributed by atoms with Crippen molar-refractivity contribution in [2.75, 3.05) is 25.1 Å². The summed E-state index contributed by atoms with van der Waals surface area (Å²) in [7, 11) is 0. The lowest BCUT2D eigenvalue weighted by molar-refractivity contribution is -0.117. The molecule has 1 N–H and O–H groups in total. The van der Waals surface area contributed by atoms with Crippen LogP contribution in [0.15, 0.2) is 27.1 Å². The zero-order valence-corrected chi connectivity index (χ0v) is 14.2. The van der Waals surface area contributed by atoms with Crippen LogP contribution in [0.3, 0.4) is 0 Å². The van der Waals surface area contributed by atoms with Crippen LogP contribution >= 0.6 is 31.9 Å². The minimum atomic E-state index is -0.0552. The molecule has 0 spiro atoms. The van der Waals surface area contributed by atoms with Crippen molar-refractivity contribution in [1.29, 1.82) is 0 Å². The van der Waals surface area contributed by atoms with E-state index in [-0.39, 0.29) is 12.0 Å². The van der Waals surface area contributed by atoms with E-state index in [0.29, 0.717) is 19.6 Å². The van der Waals surface area contributed by atoms with Crippen molar-refractivity contribution >= 4 is 43.5 Å². The Kier molecular flexibility index (Phi) is 6.48. The maximum atomic E-state index is 11.8. The normalized spacial score (nSPS) is 18.2. The van der Waals surface area contributed by atoms with Gasteiger partial charge in [-0.05, 0) is 47.0 Å². The zero-order chi connectivity index (χ0) is 14.4. The van der Waals surface area contributed by atoms with Gasteiger partial charge in [-0.25, -0.2) is 0 Å². The Morgan fingerprint density at radius 3 is 3.00 bits per heavy atom. The van der Waals surface area contributed by atoms with Gasteiger partial charge in [0, 0.05) is 15.6 Å². The lowest BCUT2D eigenvalue weighted by Gasteiger charge is -2.10. The third-order valence-electron chi connectivity index (χ3n) is 3.01. The number of ether oxygens (including phenoxy) is 2. The maximum Gasteiger partial charge on any atom is 0.226 e. The molecule has 20 heavy (non-hydrogen) atoms. The second-order valence-electron chi connectivity index (χ2n) is 4.63. The van der Waals surface area contributed by atoms with Gasteiger partial charge in [0.15, 0.2) is 0 Å². The lowest BCUT2D eigenvalue weighted by Crippen LogP contribution is -2.18. The molecule has 0 bridgehead atoms. The molecule has 110 valence electrons. The predicted octanol–water partition coefficient (Wildman–Crippen LogP) is 3.74. The molecule has 0 saturated carbocycles. The van der Waals surface area contributed by atoms with Crippen molar-refractivity contribution in [3.05, 3.63) is 27.1 Å². The largest absolute Gasteiger partial charge is 0.378 e. The Labute approximate surface area is 135 Å². The Morgan fingerprint density at radius 2 is 2.30 bits per heavy atom. The molecule has 1 heterocycles. The summed E-state index contributed by atoms with van der Waals surface area (Å²) in [5.41, 5.74) is 0.761. The molecule has 0 aromatic heterocycles. The fraction of sp³-hybridized carbons (Fsp3) is 0.500. The van der Waals surface area contributed by atoms with Gasteiger partial charge in [-0.2, -0.15) is 0 Å². The molecular weight excluding hydrogens is 390 g/mol. The topological polar surface area (TPSA) is 47.6 Å². The average Bonchev–Trinajstić information content (AvgIpc) is 2.91. The molecule has 0 radical (unpaired) electrons. The molecule has 1 atom stereocenters. The lowest BCUT2D eigenvalue weighted by atomic mass is 10.2. The van der Waals surface area contributed by atoms with Crippen LogP contribution in [0.4, 0.5) is 5.69 Å². The van der Waals surface area contributed by atoms with Crippen molar-refractivity contribution in [3.63, 3.8) is 0 Å². The maximum absolute atomic E-state index is 11.8. The van der Waals surface area contributed by atoms with Crippen molar-refractivity contribution in [3.8, 4) is 0 Å². The second kappa shape index (κ2) is 8.12. The first-order valence-corrected chi connectivity index (χ1v) is 8.18. The summed E-state index contributed by atoms with van der Waals surface area (Å²) in [5, 5.41) is 2.85. The Hall–Kier alpha value is -0.430. The van der Waals surface area contributed by atoms with Crippen LogP contribution in [0.5, 0.6) is 0 Å². The van der Waals surface area contributed by atoms with Crippen LogP contribution in [0, 0.1) is 0 Å². The van der Waals surface area contributed by atoms with E-state index >= 15 is 0 Å². The van der Waals surface area contributed by atoms with Gasteiger partial charge >= 0.3 is 0 Å². The molecule has 1 aliphatic rings. The first-order valence-electron chi connectivity index (χ1n) is 6.59. The quantitative estimate of drug-likeness (QED) is 0.732. The first kappa shape index (κ1) is 15.9. The Morgan fingerprint density at radius 1 is 1.45 bits per heavy atom. The molecule has 1 unspecified atom stereocenters. The molecule has 4 nitrogen and oxygen atoms in total. The summed E-state index contributed by atoms with van der Waals surface area (Å²) in [6.07, 6.45) is 2.71. The second-order valence-corrected chi connectivity index (χ2v) is 6.40. The fourth-order valence-electron chi connectivity index (χ4n) is 1.96. The summed E-state index contributed by atoms with van der Waals surface area (Å²) in [6.45, 7) is 1.82. The minimum Gasteiger partial charge on any atom is -0.378 e. The van der Waals surface area contributed by atoms with Gasteiger partial charge in [-0.15, -0.1) is 0 Å². The van der Waals surface area contributed by atoms with Crippen LogP contribution in [-0.4, -0.2) is 31.8 Å². The molecule has 0 aliphatic carbocycles. The molecule has 1 aliphatic heterocycles. The van der Waals surface area contributed by atoms with Crippen molar-refractivity contribution < 1.29 is 14.3 Å². The van der Waals surface area contributed by atoms with E-state index in [1.807, 2.05) is 18.2 Å². The molecule has 1 aromatic carbocycles. The predicted molar refractivity (Wildman–Crippen MR) is 84.9 cm³/mol. The number of anilines is 1. The van der Waals surface area contributed by atoms with Crippen LogP contribution in [0.25, 0.3) is 0 Å². The van der Waals surface area contributed by atoms with Gasteiger partial charge in [-0.3, -0.25) is 4.79 Å². The van der Waals surface area contributed by atoms with Crippen molar-refractivity contribution in [2.45, 2.75) is 25.4 Å². The highest BCUT2D eigenvalue weighted by atomic mass is 79.9. The van der Waals surface area contributed by atoms with E-state index in [9.17, 15) is 4.79 Å². The first-order chi connectivity index (χ1) is 9.65. The standard InChI is InChI=1S/C14H17Br2NO3/c15-10-3-4-13(12(16)8-10)17-14(18)5-7-19-9-11-2-1-6-20-11/h3-4,8,11H,1-2,5-7,9H2,(H,17,18). The molecule has 1 amide bonds. The minimum absolute atomic E-state index is 0.0552. The van der Waals surface area contributed by atoms with E-state index in [1.165, 1.54) is 0 Å². The molecule has 6 heteroatoms. The number of amides is 1. The number of nitrogens with one attached hydrogen (secondary N) is 1. The van der Waals surface area contributed by atoms with Gasteiger partial charge in [0.1, 0.15) is 0 Å². The number of carbonyl (C=O) groups is 1. The molecule has 1 fully saturated rings. The molecule has 1 saturated heterocycles. The van der Waals surface area contributed by atoms with Gasteiger partial charge in [0.05, 0.1) is 31.4 Å². The van der Waals surface area contributed by atoms with Crippen LogP contribution < -0.4 is 5.32 Å². The van der Waals surface area contributed by atoms with Crippen LogP contribution in [0.2, 0.25) is 0 Å². The average molecular weight is 407 g/mol. The van der Waals surface area contributed by atoms with Gasteiger partial charge < -0.3 is 14.8 Å². The van der Waals surface area contributed by atoms with Crippen LogP contribution in [0.1, 0.15) is 19.3 Å². The number of halogens is 2. The summed E-state index contributed by atoms with van der Waals surface area (Å²) in [5.74, 6) is -0.0552. The monoisotopic (exact) mass is 405 g/mol. The number of carbonyl (C=O) groups excluding carboxylic acids is 1. The number of hydrogen-bond acceptors (Lipinski definition) is 3. The molecule has 1 aromatic rings. The van der Waals surface area contributed by atoms with E-state index in [4.69, 9.17) is 9.47 Å². The highest BCUT2D eigenvalue weighted by Crippen LogP contribution is 2.26. The smallest absolute Gasteiger partial charge is 0.226 e. The number of benzene rings is 1. The summed E-state index contributed by atoms with van der Waals surface area (Å²) < 4.78 is 12.7. The summed E-state index contributed by atoms with van der Waals surface area (Å²) in [4.78, 5) is 11.8. The van der Waals surface area contributed by atoms with Gasteiger partial charge in [0.25, 0.3) is 0 Å². The Bertz CT molecular complexity index is 462. The SMILES string of the molecule is O=C(CCOCC1CCCO1)Nc1ccc(Br)cc1Br. The number of hydrogen-bond donors (Lipinski definition) is 1. The van der Waals surface area contributed by atoms with E-state index < -0.39 is 0 Å². The summed E-state index contributed by atoms with van der Waals surface area (Å²) >= 11 is 6.78. The highest BCUT2D eigenvalue weighted by molar-refractivity contribution is 9.11. The third-order valence-corrected chi connectivity index (χ3v) is 4.16.